The smallest absolute Gasteiger partial charge is 0.227 e. The van der Waals surface area contributed by atoms with Gasteiger partial charge in [0.2, 0.25) is 5.91 Å². The predicted octanol–water partition coefficient (Wildman–Crippen LogP) is 7.12. The SMILES string of the molecule is C=C(/C=C/c1ccc(CN(C)C)cc1)c1ccccc1N.CC.O=C(Nc1ccccc1)C1CC1. The minimum absolute atomic E-state index is 0.168. The van der Waals surface area contributed by atoms with Crippen molar-refractivity contribution in [2.45, 2.75) is 33.2 Å². The van der Waals surface area contributed by atoms with Crippen molar-refractivity contribution >= 4 is 28.9 Å². The maximum Gasteiger partial charge on any atom is 0.227 e. The fourth-order valence-corrected chi connectivity index (χ4v) is 3.29. The summed E-state index contributed by atoms with van der Waals surface area (Å²) in [6, 6.07) is 25.9. The average molecular weight is 470 g/mol. The number of allylic oxidation sites excluding steroid dienone is 2. The van der Waals surface area contributed by atoms with Crippen molar-refractivity contribution in [2.75, 3.05) is 25.1 Å². The molecule has 1 aliphatic rings. The van der Waals surface area contributed by atoms with Crippen LogP contribution in [0.3, 0.4) is 0 Å². The highest BCUT2D eigenvalue weighted by molar-refractivity contribution is 5.93. The topological polar surface area (TPSA) is 58.4 Å². The van der Waals surface area contributed by atoms with E-state index in [1.165, 1.54) is 5.56 Å². The first-order valence-corrected chi connectivity index (χ1v) is 12.2. The highest BCUT2D eigenvalue weighted by atomic mass is 16.2. The second-order valence-corrected chi connectivity index (χ2v) is 8.55. The molecule has 4 heteroatoms. The van der Waals surface area contributed by atoms with E-state index in [0.29, 0.717) is 0 Å². The van der Waals surface area contributed by atoms with Gasteiger partial charge in [0.05, 0.1) is 0 Å². The maximum absolute atomic E-state index is 11.3. The number of benzene rings is 3. The van der Waals surface area contributed by atoms with Gasteiger partial charge in [-0.2, -0.15) is 0 Å². The molecule has 1 fully saturated rings. The van der Waals surface area contributed by atoms with E-state index in [-0.39, 0.29) is 11.8 Å². The molecule has 1 amide bonds. The summed E-state index contributed by atoms with van der Waals surface area (Å²) in [6.07, 6.45) is 6.18. The van der Waals surface area contributed by atoms with E-state index in [4.69, 9.17) is 5.73 Å². The quantitative estimate of drug-likeness (QED) is 0.286. The van der Waals surface area contributed by atoms with Crippen LogP contribution in [-0.2, 0) is 11.3 Å². The average Bonchev–Trinajstić information content (AvgIpc) is 3.72. The molecule has 0 radical (unpaired) electrons. The van der Waals surface area contributed by atoms with E-state index in [0.717, 1.165) is 47.5 Å². The predicted molar refractivity (Wildman–Crippen MR) is 152 cm³/mol. The molecule has 1 aliphatic carbocycles. The third-order valence-electron chi connectivity index (χ3n) is 5.25. The first-order chi connectivity index (χ1) is 16.9. The Morgan fingerprint density at radius 2 is 1.57 bits per heavy atom. The van der Waals surface area contributed by atoms with Crippen molar-refractivity contribution in [1.82, 2.24) is 4.90 Å². The largest absolute Gasteiger partial charge is 0.398 e. The van der Waals surface area contributed by atoms with Crippen LogP contribution < -0.4 is 11.1 Å². The fraction of sp³-hybridized carbons (Fsp3) is 0.258. The Hall–Kier alpha value is -3.63. The van der Waals surface area contributed by atoms with Crippen molar-refractivity contribution < 1.29 is 4.79 Å². The van der Waals surface area contributed by atoms with Gasteiger partial charge in [0.15, 0.2) is 0 Å². The number of nitrogens with two attached hydrogens (primary N) is 1. The minimum Gasteiger partial charge on any atom is -0.398 e. The zero-order chi connectivity index (χ0) is 25.6. The molecular formula is C31H39N3O. The Morgan fingerprint density at radius 3 is 2.14 bits per heavy atom. The van der Waals surface area contributed by atoms with E-state index >= 15 is 0 Å². The number of nitrogens with zero attached hydrogens (tertiary/aromatic N) is 1. The van der Waals surface area contributed by atoms with E-state index in [2.05, 4.69) is 61.2 Å². The number of hydrogen-bond donors (Lipinski definition) is 2. The summed E-state index contributed by atoms with van der Waals surface area (Å²) < 4.78 is 0. The van der Waals surface area contributed by atoms with Gasteiger partial charge in [-0.3, -0.25) is 4.79 Å². The highest BCUT2D eigenvalue weighted by Crippen LogP contribution is 2.30. The third-order valence-corrected chi connectivity index (χ3v) is 5.25. The standard InChI is InChI=1S/C19H22N2.C10H11NO.C2H6/c1-15(18-6-4-5-7-19(18)20)8-9-16-10-12-17(13-11-16)14-21(2)3;12-10(8-6-7-8)11-9-4-2-1-3-5-9;1-2/h4-13H,1,14,20H2,2-3H3;1-5,8H,6-7H2,(H,11,12);1-2H3/b9-8+;;. The number of amides is 1. The highest BCUT2D eigenvalue weighted by Gasteiger charge is 2.29. The number of para-hydroxylation sites is 2. The summed E-state index contributed by atoms with van der Waals surface area (Å²) in [5.74, 6) is 0.450. The molecule has 0 saturated heterocycles. The van der Waals surface area contributed by atoms with Gasteiger partial charge < -0.3 is 16.0 Å². The van der Waals surface area contributed by atoms with Crippen LogP contribution >= 0.6 is 0 Å². The molecule has 3 aromatic carbocycles. The van der Waals surface area contributed by atoms with E-state index in [9.17, 15) is 4.79 Å². The molecule has 0 atom stereocenters. The summed E-state index contributed by atoms with van der Waals surface area (Å²) in [6.45, 7) is 9.04. The molecule has 0 unspecified atom stereocenters. The first kappa shape index (κ1) is 27.6. The molecule has 3 N–H and O–H groups in total. The number of rotatable bonds is 7. The molecule has 184 valence electrons. The van der Waals surface area contributed by atoms with Gasteiger partial charge in [-0.05, 0) is 61.8 Å². The molecule has 0 heterocycles. The van der Waals surface area contributed by atoms with Gasteiger partial charge >= 0.3 is 0 Å². The third kappa shape index (κ3) is 10.0. The van der Waals surface area contributed by atoms with Crippen LogP contribution in [0.1, 0.15) is 43.4 Å². The monoisotopic (exact) mass is 469 g/mol. The number of nitrogens with one attached hydrogen (secondary N) is 1. The molecule has 0 spiro atoms. The van der Waals surface area contributed by atoms with Crippen molar-refractivity contribution in [3.63, 3.8) is 0 Å². The van der Waals surface area contributed by atoms with Crippen molar-refractivity contribution in [3.05, 3.63) is 108 Å². The molecule has 35 heavy (non-hydrogen) atoms. The van der Waals surface area contributed by atoms with Crippen molar-refractivity contribution in [1.29, 1.82) is 0 Å². The second-order valence-electron chi connectivity index (χ2n) is 8.55. The number of hydrogen-bond acceptors (Lipinski definition) is 3. The Kier molecular flexibility index (Phi) is 11.5. The second kappa shape index (κ2) is 14.6. The van der Waals surface area contributed by atoms with Gasteiger partial charge in [-0.25, -0.2) is 0 Å². The fourth-order valence-electron chi connectivity index (χ4n) is 3.29. The summed E-state index contributed by atoms with van der Waals surface area (Å²) in [4.78, 5) is 13.4. The lowest BCUT2D eigenvalue weighted by Crippen LogP contribution is -2.12. The van der Waals surface area contributed by atoms with Gasteiger partial charge in [-0.1, -0.05) is 93.2 Å². The van der Waals surface area contributed by atoms with Crippen LogP contribution in [0, 0.1) is 5.92 Å². The van der Waals surface area contributed by atoms with Gasteiger partial charge in [0.25, 0.3) is 0 Å². The number of nitrogen functional groups attached to an aromatic ring is 1. The van der Waals surface area contributed by atoms with E-state index in [1.807, 2.05) is 74.5 Å². The van der Waals surface area contributed by atoms with Crippen LogP contribution in [0.25, 0.3) is 11.6 Å². The van der Waals surface area contributed by atoms with E-state index < -0.39 is 0 Å². The lowest BCUT2D eigenvalue weighted by molar-refractivity contribution is -0.117. The summed E-state index contributed by atoms with van der Waals surface area (Å²) in [5.41, 5.74) is 12.0. The Labute approximate surface area is 211 Å². The summed E-state index contributed by atoms with van der Waals surface area (Å²) in [7, 11) is 4.14. The number of carbonyl (C=O) groups is 1. The number of anilines is 2. The number of carbonyl (C=O) groups excluding carboxylic acids is 1. The van der Waals surface area contributed by atoms with Gasteiger partial charge in [0.1, 0.15) is 0 Å². The van der Waals surface area contributed by atoms with Gasteiger partial charge in [-0.15, -0.1) is 0 Å². The summed E-state index contributed by atoms with van der Waals surface area (Å²) >= 11 is 0. The summed E-state index contributed by atoms with van der Waals surface area (Å²) in [5, 5.41) is 2.86. The van der Waals surface area contributed by atoms with Crippen molar-refractivity contribution in [3.8, 4) is 0 Å². The Bertz CT molecular complexity index is 1080. The molecular weight excluding hydrogens is 430 g/mol. The van der Waals surface area contributed by atoms with Gasteiger partial charge in [0, 0.05) is 29.4 Å². The minimum atomic E-state index is 0.168. The first-order valence-electron chi connectivity index (χ1n) is 12.2. The molecule has 1 saturated carbocycles. The lowest BCUT2D eigenvalue weighted by atomic mass is 10.0. The Morgan fingerprint density at radius 1 is 0.971 bits per heavy atom. The normalized spacial score (nSPS) is 12.3. The lowest BCUT2D eigenvalue weighted by Gasteiger charge is -2.09. The zero-order valence-corrected chi connectivity index (χ0v) is 21.5. The maximum atomic E-state index is 11.3. The van der Waals surface area contributed by atoms with Crippen LogP contribution in [0.15, 0.2) is 91.5 Å². The zero-order valence-electron chi connectivity index (χ0n) is 21.5. The molecule has 0 bridgehead atoms. The molecule has 4 rings (SSSR count). The molecule has 3 aromatic rings. The van der Waals surface area contributed by atoms with E-state index in [1.54, 1.807) is 0 Å². The van der Waals surface area contributed by atoms with Crippen molar-refractivity contribution in [2.24, 2.45) is 5.92 Å². The van der Waals surface area contributed by atoms with Crippen LogP contribution in [-0.4, -0.2) is 24.9 Å². The van der Waals surface area contributed by atoms with Crippen LogP contribution in [0.2, 0.25) is 0 Å². The molecule has 0 aliphatic heterocycles. The van der Waals surface area contributed by atoms with Crippen LogP contribution in [0.5, 0.6) is 0 Å². The molecule has 4 nitrogen and oxygen atoms in total. The Balaban J connectivity index is 0.000000260. The van der Waals surface area contributed by atoms with Crippen LogP contribution in [0.4, 0.5) is 11.4 Å². The molecule has 0 aromatic heterocycles.